The first kappa shape index (κ1) is 9.32. The second-order valence-corrected chi connectivity index (χ2v) is 2.51. The number of hydrogen-bond donors (Lipinski definition) is 1. The number of nitrogens with two attached hydrogens (primary N) is 1. The minimum absolute atomic E-state index is 0.118. The van der Waals surface area contributed by atoms with Crippen LogP contribution in [0.4, 0.5) is 0 Å². The molecule has 68 valence electrons. The summed E-state index contributed by atoms with van der Waals surface area (Å²) in [5, 5.41) is 0. The maximum absolute atomic E-state index is 11.4. The van der Waals surface area contributed by atoms with E-state index in [0.717, 1.165) is 0 Å². The summed E-state index contributed by atoms with van der Waals surface area (Å²) >= 11 is 0. The molecular formula is C10H11NO2. The zero-order chi connectivity index (χ0) is 10.0. The van der Waals surface area contributed by atoms with E-state index in [1.165, 1.54) is 19.3 Å². The second kappa shape index (κ2) is 3.31. The van der Waals surface area contributed by atoms with Crippen molar-refractivity contribution in [2.45, 2.75) is 0 Å². The molecule has 0 unspecified atom stereocenters. The molecule has 0 amide bonds. The predicted octanol–water partition coefficient (Wildman–Crippen LogP) is 1.05. The highest BCUT2D eigenvalue weighted by molar-refractivity contribution is 6.14. The predicted molar refractivity (Wildman–Crippen MR) is 50.6 cm³/mol. The lowest BCUT2D eigenvalue weighted by Gasteiger charge is -2.02. The highest BCUT2D eigenvalue weighted by Gasteiger charge is 2.28. The van der Waals surface area contributed by atoms with Gasteiger partial charge >= 0.3 is 0 Å². The summed E-state index contributed by atoms with van der Waals surface area (Å²) in [7, 11) is 1.46. The third-order valence-electron chi connectivity index (χ3n) is 1.88. The van der Waals surface area contributed by atoms with Crippen LogP contribution in [0.15, 0.2) is 47.9 Å². The van der Waals surface area contributed by atoms with Gasteiger partial charge in [-0.3, -0.25) is 4.79 Å². The van der Waals surface area contributed by atoms with Crippen molar-refractivity contribution in [2.24, 2.45) is 5.73 Å². The SMILES string of the molecule is C=CC1=C(C=C)C(OC)=C(N)C1=O. The molecule has 0 bridgehead atoms. The lowest BCUT2D eigenvalue weighted by atomic mass is 10.1. The van der Waals surface area contributed by atoms with Crippen LogP contribution in [0.1, 0.15) is 0 Å². The molecule has 1 rings (SSSR count). The van der Waals surface area contributed by atoms with Crippen LogP contribution in [-0.4, -0.2) is 12.9 Å². The molecule has 0 heterocycles. The average Bonchev–Trinajstić information content (AvgIpc) is 2.38. The number of carbonyl (C=O) groups is 1. The molecule has 2 N–H and O–H groups in total. The fourth-order valence-corrected chi connectivity index (χ4v) is 1.26. The normalized spacial score (nSPS) is 16.5. The Kier molecular flexibility index (Phi) is 2.37. The number of ether oxygens (including phenoxy) is 1. The van der Waals surface area contributed by atoms with Gasteiger partial charge in [-0.15, -0.1) is 0 Å². The Morgan fingerprint density at radius 3 is 2.23 bits per heavy atom. The summed E-state index contributed by atoms with van der Waals surface area (Å²) in [4.78, 5) is 11.4. The van der Waals surface area contributed by atoms with Crippen LogP contribution in [0.3, 0.4) is 0 Å². The molecule has 0 spiro atoms. The van der Waals surface area contributed by atoms with E-state index in [1.807, 2.05) is 0 Å². The third-order valence-corrected chi connectivity index (χ3v) is 1.88. The summed E-state index contributed by atoms with van der Waals surface area (Å²) in [6, 6.07) is 0. The van der Waals surface area contributed by atoms with Crippen LogP contribution in [0.2, 0.25) is 0 Å². The minimum atomic E-state index is -0.248. The number of ketones is 1. The van der Waals surface area contributed by atoms with Gasteiger partial charge < -0.3 is 10.5 Å². The van der Waals surface area contributed by atoms with Crippen molar-refractivity contribution in [3.05, 3.63) is 47.9 Å². The maximum Gasteiger partial charge on any atom is 0.213 e. The molecule has 1 aliphatic carbocycles. The number of Topliss-reactive ketones (excluding diaryl/α,β-unsaturated/α-hetero) is 1. The van der Waals surface area contributed by atoms with Crippen LogP contribution in [0.5, 0.6) is 0 Å². The topological polar surface area (TPSA) is 52.3 Å². The zero-order valence-electron chi connectivity index (χ0n) is 7.46. The molecule has 0 aromatic rings. The van der Waals surface area contributed by atoms with Crippen LogP contribution in [0.25, 0.3) is 0 Å². The molecule has 0 aliphatic heterocycles. The maximum atomic E-state index is 11.4. The van der Waals surface area contributed by atoms with Gasteiger partial charge in [0, 0.05) is 11.1 Å². The Hall–Kier alpha value is -1.77. The van der Waals surface area contributed by atoms with Gasteiger partial charge in [-0.2, -0.15) is 0 Å². The van der Waals surface area contributed by atoms with E-state index in [-0.39, 0.29) is 11.5 Å². The summed E-state index contributed by atoms with van der Waals surface area (Å²) in [5.41, 5.74) is 6.71. The van der Waals surface area contributed by atoms with E-state index in [9.17, 15) is 4.79 Å². The van der Waals surface area contributed by atoms with Crippen LogP contribution in [0, 0.1) is 0 Å². The molecule has 13 heavy (non-hydrogen) atoms. The fourth-order valence-electron chi connectivity index (χ4n) is 1.26. The zero-order valence-corrected chi connectivity index (χ0v) is 7.46. The van der Waals surface area contributed by atoms with E-state index in [1.54, 1.807) is 0 Å². The van der Waals surface area contributed by atoms with Crippen LogP contribution < -0.4 is 5.73 Å². The second-order valence-electron chi connectivity index (χ2n) is 2.51. The van der Waals surface area contributed by atoms with Gasteiger partial charge in [-0.05, 0) is 0 Å². The largest absolute Gasteiger partial charge is 0.494 e. The van der Waals surface area contributed by atoms with Crippen molar-refractivity contribution >= 4 is 5.78 Å². The number of carbonyl (C=O) groups excluding carboxylic acids is 1. The Labute approximate surface area is 76.9 Å². The van der Waals surface area contributed by atoms with E-state index in [2.05, 4.69) is 13.2 Å². The molecule has 0 aromatic heterocycles. The minimum Gasteiger partial charge on any atom is -0.494 e. The highest BCUT2D eigenvalue weighted by atomic mass is 16.5. The molecule has 3 nitrogen and oxygen atoms in total. The molecule has 0 aromatic carbocycles. The van der Waals surface area contributed by atoms with Crippen molar-refractivity contribution < 1.29 is 9.53 Å². The molecule has 0 saturated heterocycles. The van der Waals surface area contributed by atoms with Crippen molar-refractivity contribution in [1.82, 2.24) is 0 Å². The summed E-state index contributed by atoms with van der Waals surface area (Å²) in [5.74, 6) is 0.136. The number of methoxy groups -OCH3 is 1. The summed E-state index contributed by atoms with van der Waals surface area (Å²) in [6.07, 6.45) is 2.99. The lowest BCUT2D eigenvalue weighted by Crippen LogP contribution is -2.10. The van der Waals surface area contributed by atoms with Gasteiger partial charge in [0.1, 0.15) is 5.70 Å². The number of allylic oxidation sites excluding steroid dienone is 3. The van der Waals surface area contributed by atoms with Gasteiger partial charge in [0.25, 0.3) is 0 Å². The number of hydrogen-bond acceptors (Lipinski definition) is 3. The first-order chi connectivity index (χ1) is 6.17. The van der Waals surface area contributed by atoms with Crippen molar-refractivity contribution in [1.29, 1.82) is 0 Å². The fraction of sp³-hybridized carbons (Fsp3) is 0.100. The Morgan fingerprint density at radius 2 is 1.85 bits per heavy atom. The standard InChI is InChI=1S/C10H11NO2/c1-4-6-7(5-2)10(13-3)8(11)9(6)12/h4-5H,1-2H2,3H3,(H2,11,12). The average molecular weight is 177 g/mol. The molecule has 0 fully saturated rings. The van der Waals surface area contributed by atoms with E-state index in [4.69, 9.17) is 10.5 Å². The molecular weight excluding hydrogens is 166 g/mol. The first-order valence-corrected chi connectivity index (χ1v) is 3.75. The van der Waals surface area contributed by atoms with Crippen molar-refractivity contribution in [2.75, 3.05) is 7.11 Å². The van der Waals surface area contributed by atoms with E-state index >= 15 is 0 Å². The van der Waals surface area contributed by atoms with E-state index in [0.29, 0.717) is 16.9 Å². The first-order valence-electron chi connectivity index (χ1n) is 3.75. The van der Waals surface area contributed by atoms with Crippen LogP contribution >= 0.6 is 0 Å². The van der Waals surface area contributed by atoms with E-state index < -0.39 is 0 Å². The quantitative estimate of drug-likeness (QED) is 0.701. The van der Waals surface area contributed by atoms with Gasteiger partial charge in [-0.1, -0.05) is 25.3 Å². The molecule has 0 radical (unpaired) electrons. The van der Waals surface area contributed by atoms with Crippen molar-refractivity contribution in [3.8, 4) is 0 Å². The third kappa shape index (κ3) is 1.18. The molecule has 1 aliphatic rings. The summed E-state index contributed by atoms with van der Waals surface area (Å²) < 4.78 is 4.99. The monoisotopic (exact) mass is 177 g/mol. The highest BCUT2D eigenvalue weighted by Crippen LogP contribution is 2.28. The molecule has 3 heteroatoms. The van der Waals surface area contributed by atoms with Gasteiger partial charge in [0.2, 0.25) is 5.78 Å². The number of rotatable bonds is 3. The van der Waals surface area contributed by atoms with Crippen LogP contribution in [-0.2, 0) is 9.53 Å². The smallest absolute Gasteiger partial charge is 0.213 e. The van der Waals surface area contributed by atoms with Crippen molar-refractivity contribution in [3.63, 3.8) is 0 Å². The molecule has 0 saturated carbocycles. The van der Waals surface area contributed by atoms with Gasteiger partial charge in [0.05, 0.1) is 7.11 Å². The lowest BCUT2D eigenvalue weighted by molar-refractivity contribution is -0.111. The molecule has 0 atom stereocenters. The Bertz CT molecular complexity index is 348. The van der Waals surface area contributed by atoms with Gasteiger partial charge in [-0.25, -0.2) is 0 Å². The summed E-state index contributed by atoms with van der Waals surface area (Å²) in [6.45, 7) is 7.11. The Balaban J connectivity index is 3.34. The van der Waals surface area contributed by atoms with Gasteiger partial charge in [0.15, 0.2) is 5.76 Å². The Morgan fingerprint density at radius 1 is 1.31 bits per heavy atom.